The summed E-state index contributed by atoms with van der Waals surface area (Å²) in [6.45, 7) is 10.4. The van der Waals surface area contributed by atoms with Gasteiger partial charge < -0.3 is 5.32 Å². The van der Waals surface area contributed by atoms with Crippen LogP contribution in [0, 0.1) is 5.92 Å². The Bertz CT molecular complexity index is 382. The summed E-state index contributed by atoms with van der Waals surface area (Å²) < 4.78 is 0. The Kier molecular flexibility index (Phi) is 5.62. The van der Waals surface area contributed by atoms with Crippen LogP contribution in [0.4, 0.5) is 0 Å². The third-order valence-electron chi connectivity index (χ3n) is 4.55. The Morgan fingerprint density at radius 2 is 1.95 bits per heavy atom. The number of benzene rings is 1. The minimum absolute atomic E-state index is 0.601. The maximum absolute atomic E-state index is 3.37. The molecule has 1 aliphatic heterocycles. The maximum atomic E-state index is 3.37. The lowest BCUT2D eigenvalue weighted by Crippen LogP contribution is -2.29. The van der Waals surface area contributed by atoms with E-state index in [9.17, 15) is 0 Å². The molecule has 112 valence electrons. The summed E-state index contributed by atoms with van der Waals surface area (Å²) in [6.07, 6.45) is 2.56. The number of nitrogens with zero attached hydrogens (tertiary/aromatic N) is 1. The van der Waals surface area contributed by atoms with Crippen LogP contribution in [-0.4, -0.2) is 31.6 Å². The first-order valence-corrected chi connectivity index (χ1v) is 8.15. The highest BCUT2D eigenvalue weighted by atomic mass is 15.2. The molecule has 2 rings (SSSR count). The summed E-state index contributed by atoms with van der Waals surface area (Å²) in [4.78, 5) is 2.67. The molecule has 1 aromatic rings. The Hall–Kier alpha value is -0.860. The van der Waals surface area contributed by atoms with E-state index >= 15 is 0 Å². The van der Waals surface area contributed by atoms with Gasteiger partial charge in [-0.2, -0.15) is 0 Å². The quantitative estimate of drug-likeness (QED) is 0.849. The first-order chi connectivity index (χ1) is 9.67. The van der Waals surface area contributed by atoms with Crippen molar-refractivity contribution in [1.29, 1.82) is 0 Å². The number of hydrogen-bond donors (Lipinski definition) is 1. The molecule has 0 saturated carbocycles. The van der Waals surface area contributed by atoms with Crippen molar-refractivity contribution in [2.24, 2.45) is 5.92 Å². The first kappa shape index (κ1) is 15.5. The molecule has 0 aliphatic carbocycles. The summed E-state index contributed by atoms with van der Waals surface area (Å²) >= 11 is 0. The number of likely N-dealkylation sites (tertiary alicyclic amines) is 1. The molecular weight excluding hydrogens is 244 g/mol. The third-order valence-corrected chi connectivity index (χ3v) is 4.55. The molecule has 1 aliphatic rings. The van der Waals surface area contributed by atoms with Crippen LogP contribution in [0.2, 0.25) is 0 Å². The van der Waals surface area contributed by atoms with Crippen molar-refractivity contribution in [3.63, 3.8) is 0 Å². The fraction of sp³-hybridized carbons (Fsp3) is 0.667. The zero-order valence-corrected chi connectivity index (χ0v) is 13.5. The lowest BCUT2D eigenvalue weighted by Gasteiger charge is -2.28. The van der Waals surface area contributed by atoms with E-state index in [1.807, 2.05) is 0 Å². The van der Waals surface area contributed by atoms with Gasteiger partial charge in [0.1, 0.15) is 0 Å². The highest BCUT2D eigenvalue weighted by Crippen LogP contribution is 2.37. The zero-order valence-electron chi connectivity index (χ0n) is 13.5. The van der Waals surface area contributed by atoms with Gasteiger partial charge in [-0.1, -0.05) is 45.0 Å². The van der Waals surface area contributed by atoms with Crippen molar-refractivity contribution >= 4 is 0 Å². The molecule has 1 fully saturated rings. The molecule has 0 spiro atoms. The van der Waals surface area contributed by atoms with Crippen LogP contribution in [0.1, 0.15) is 56.7 Å². The molecular formula is C18H30N2. The van der Waals surface area contributed by atoms with Crippen LogP contribution >= 0.6 is 0 Å². The highest BCUT2D eigenvalue weighted by Gasteiger charge is 2.33. The van der Waals surface area contributed by atoms with Crippen molar-refractivity contribution in [2.45, 2.75) is 45.6 Å². The van der Waals surface area contributed by atoms with E-state index in [2.05, 4.69) is 62.3 Å². The highest BCUT2D eigenvalue weighted by molar-refractivity contribution is 5.28. The SMILES string of the molecule is CCCN1CCC(CNC)C1c1ccc(C(C)C)cc1. The number of hydrogen-bond acceptors (Lipinski definition) is 2. The van der Waals surface area contributed by atoms with Gasteiger partial charge in [-0.15, -0.1) is 0 Å². The van der Waals surface area contributed by atoms with E-state index in [4.69, 9.17) is 0 Å². The predicted molar refractivity (Wildman–Crippen MR) is 87.2 cm³/mol. The van der Waals surface area contributed by atoms with Crippen molar-refractivity contribution in [3.8, 4) is 0 Å². The Balaban J connectivity index is 2.19. The second kappa shape index (κ2) is 7.24. The fourth-order valence-corrected chi connectivity index (χ4v) is 3.50. The Morgan fingerprint density at radius 3 is 2.50 bits per heavy atom. The van der Waals surface area contributed by atoms with Gasteiger partial charge in [0.2, 0.25) is 0 Å². The van der Waals surface area contributed by atoms with Crippen LogP contribution in [0.3, 0.4) is 0 Å². The molecule has 1 saturated heterocycles. The van der Waals surface area contributed by atoms with Crippen molar-refractivity contribution < 1.29 is 0 Å². The van der Waals surface area contributed by atoms with Gasteiger partial charge in [-0.25, -0.2) is 0 Å². The summed E-state index contributed by atoms with van der Waals surface area (Å²) in [5.41, 5.74) is 2.94. The molecule has 2 unspecified atom stereocenters. The molecule has 1 heterocycles. The fourth-order valence-electron chi connectivity index (χ4n) is 3.50. The Morgan fingerprint density at radius 1 is 1.25 bits per heavy atom. The minimum atomic E-state index is 0.601. The lowest BCUT2D eigenvalue weighted by atomic mass is 9.91. The van der Waals surface area contributed by atoms with E-state index in [-0.39, 0.29) is 0 Å². The van der Waals surface area contributed by atoms with E-state index in [1.54, 1.807) is 0 Å². The average molecular weight is 274 g/mol. The van der Waals surface area contributed by atoms with E-state index < -0.39 is 0 Å². The molecule has 20 heavy (non-hydrogen) atoms. The first-order valence-electron chi connectivity index (χ1n) is 8.15. The summed E-state index contributed by atoms with van der Waals surface area (Å²) in [5.74, 6) is 1.36. The van der Waals surface area contributed by atoms with Gasteiger partial charge in [-0.05, 0) is 62.5 Å². The van der Waals surface area contributed by atoms with Gasteiger partial charge in [0.15, 0.2) is 0 Å². The van der Waals surface area contributed by atoms with Gasteiger partial charge in [-0.3, -0.25) is 4.90 Å². The molecule has 2 heteroatoms. The van der Waals surface area contributed by atoms with Crippen LogP contribution in [-0.2, 0) is 0 Å². The molecule has 2 atom stereocenters. The monoisotopic (exact) mass is 274 g/mol. The molecule has 0 bridgehead atoms. The van der Waals surface area contributed by atoms with Crippen LogP contribution in [0.25, 0.3) is 0 Å². The largest absolute Gasteiger partial charge is 0.319 e. The van der Waals surface area contributed by atoms with Crippen molar-refractivity contribution in [3.05, 3.63) is 35.4 Å². The molecule has 1 N–H and O–H groups in total. The van der Waals surface area contributed by atoms with Gasteiger partial charge >= 0.3 is 0 Å². The second-order valence-corrected chi connectivity index (χ2v) is 6.41. The predicted octanol–water partition coefficient (Wildman–Crippen LogP) is 3.80. The van der Waals surface area contributed by atoms with E-state index in [0.29, 0.717) is 12.0 Å². The lowest BCUT2D eigenvalue weighted by molar-refractivity contribution is 0.227. The standard InChI is InChI=1S/C18H30N2/c1-5-11-20-12-10-17(13-19-4)18(20)16-8-6-15(7-9-16)14(2)3/h6-9,14,17-19H,5,10-13H2,1-4H3. The zero-order chi connectivity index (χ0) is 14.5. The Labute approximate surface area is 124 Å². The molecule has 0 aromatic heterocycles. The van der Waals surface area contributed by atoms with Crippen molar-refractivity contribution in [1.82, 2.24) is 10.2 Å². The van der Waals surface area contributed by atoms with Crippen LogP contribution < -0.4 is 5.32 Å². The normalized spacial score (nSPS) is 23.6. The maximum Gasteiger partial charge on any atom is 0.0388 e. The summed E-state index contributed by atoms with van der Waals surface area (Å²) in [7, 11) is 2.07. The molecule has 0 amide bonds. The summed E-state index contributed by atoms with van der Waals surface area (Å²) in [6, 6.07) is 9.95. The number of rotatable bonds is 6. The number of nitrogens with one attached hydrogen (secondary N) is 1. The molecule has 2 nitrogen and oxygen atoms in total. The molecule has 0 radical (unpaired) electrons. The molecule has 1 aromatic carbocycles. The van der Waals surface area contributed by atoms with E-state index in [0.717, 1.165) is 12.5 Å². The minimum Gasteiger partial charge on any atom is -0.319 e. The smallest absolute Gasteiger partial charge is 0.0388 e. The van der Waals surface area contributed by atoms with Gasteiger partial charge in [0.05, 0.1) is 0 Å². The third kappa shape index (κ3) is 3.42. The van der Waals surface area contributed by atoms with Crippen LogP contribution in [0.5, 0.6) is 0 Å². The van der Waals surface area contributed by atoms with Crippen LogP contribution in [0.15, 0.2) is 24.3 Å². The average Bonchev–Trinajstić information content (AvgIpc) is 2.83. The second-order valence-electron chi connectivity index (χ2n) is 6.41. The van der Waals surface area contributed by atoms with Crippen molar-refractivity contribution in [2.75, 3.05) is 26.7 Å². The van der Waals surface area contributed by atoms with E-state index in [1.165, 1.54) is 37.1 Å². The topological polar surface area (TPSA) is 15.3 Å². The van der Waals surface area contributed by atoms with Gasteiger partial charge in [0, 0.05) is 6.04 Å². The summed E-state index contributed by atoms with van der Waals surface area (Å²) in [5, 5.41) is 3.37. The van der Waals surface area contributed by atoms with Gasteiger partial charge in [0.25, 0.3) is 0 Å².